The number of rotatable bonds is 2. The molecule has 0 radical (unpaired) electrons. The summed E-state index contributed by atoms with van der Waals surface area (Å²) in [5, 5.41) is 0.397. The highest BCUT2D eigenvalue weighted by atomic mass is 35.5. The van der Waals surface area contributed by atoms with Crippen molar-refractivity contribution in [3.63, 3.8) is 0 Å². The molecule has 0 saturated carbocycles. The van der Waals surface area contributed by atoms with E-state index in [1.54, 1.807) is 19.9 Å². The van der Waals surface area contributed by atoms with Gasteiger partial charge in [0.1, 0.15) is 0 Å². The summed E-state index contributed by atoms with van der Waals surface area (Å²) in [5.74, 6) is -0.414. The van der Waals surface area contributed by atoms with Gasteiger partial charge in [-0.1, -0.05) is 25.4 Å². The zero-order valence-corrected chi connectivity index (χ0v) is 11.2. The molecule has 0 aliphatic heterocycles. The van der Waals surface area contributed by atoms with E-state index in [4.69, 9.17) is 16.3 Å². The minimum atomic E-state index is -0.414. The number of carbonyl (C=O) groups excluding carboxylic acids is 1. The van der Waals surface area contributed by atoms with E-state index in [1.807, 2.05) is 20.8 Å². The average molecular weight is 244 g/mol. The minimum absolute atomic E-state index is 0.336. The largest absolute Gasteiger partial charge is 0.462 e. The molecule has 0 spiro atoms. The molecule has 1 heterocycles. The molecule has 4 heteroatoms. The van der Waals surface area contributed by atoms with Crippen LogP contribution in [-0.4, -0.2) is 17.6 Å². The predicted octanol–water partition coefficient (Wildman–Crippen LogP) is 3.55. The van der Waals surface area contributed by atoms with E-state index >= 15 is 0 Å². The molecule has 0 unspecified atom stereocenters. The molecular formula is C12H18ClNO2. The van der Waals surface area contributed by atoms with Crippen LogP contribution in [0.3, 0.4) is 0 Å². The molecule has 0 atom stereocenters. The number of hydrogen-bond acceptors (Lipinski definition) is 3. The number of ether oxygens (including phenoxy) is 1. The smallest absolute Gasteiger partial charge is 0.341 e. The lowest BCUT2D eigenvalue weighted by molar-refractivity contribution is 0.0525. The Kier molecular flexibility index (Phi) is 6.74. The van der Waals surface area contributed by atoms with Crippen molar-refractivity contribution in [1.29, 1.82) is 0 Å². The lowest BCUT2D eigenvalue weighted by Gasteiger charge is -2.07. The maximum atomic E-state index is 11.5. The normalized spacial score (nSPS) is 9.12. The third-order valence-electron chi connectivity index (χ3n) is 1.76. The van der Waals surface area contributed by atoms with Crippen molar-refractivity contribution in [3.8, 4) is 0 Å². The molecular weight excluding hydrogens is 226 g/mol. The van der Waals surface area contributed by atoms with Crippen LogP contribution >= 0.6 is 11.6 Å². The number of aromatic nitrogens is 1. The van der Waals surface area contributed by atoms with Gasteiger partial charge in [0.25, 0.3) is 0 Å². The number of nitrogens with zero attached hydrogens (tertiary/aromatic N) is 1. The first-order valence-corrected chi connectivity index (χ1v) is 5.75. The Hall–Kier alpha value is -1.09. The van der Waals surface area contributed by atoms with Gasteiger partial charge in [-0.2, -0.15) is 0 Å². The van der Waals surface area contributed by atoms with E-state index in [0.717, 1.165) is 5.69 Å². The van der Waals surface area contributed by atoms with Crippen LogP contribution in [0.25, 0.3) is 0 Å². The summed E-state index contributed by atoms with van der Waals surface area (Å²) in [4.78, 5) is 15.6. The molecule has 0 fully saturated rings. The number of aryl methyl sites for hydroxylation is 2. The summed E-state index contributed by atoms with van der Waals surface area (Å²) in [6.07, 6.45) is 0. The van der Waals surface area contributed by atoms with E-state index in [0.29, 0.717) is 22.9 Å². The molecule has 3 nitrogen and oxygen atoms in total. The highest BCUT2D eigenvalue weighted by Gasteiger charge is 2.15. The first-order chi connectivity index (χ1) is 7.56. The highest BCUT2D eigenvalue weighted by Crippen LogP contribution is 2.20. The van der Waals surface area contributed by atoms with Gasteiger partial charge in [-0.15, -0.1) is 0 Å². The lowest BCUT2D eigenvalue weighted by Crippen LogP contribution is -2.09. The van der Waals surface area contributed by atoms with Crippen LogP contribution in [0.15, 0.2) is 6.07 Å². The first kappa shape index (κ1) is 14.9. The third-order valence-corrected chi connectivity index (χ3v) is 2.06. The van der Waals surface area contributed by atoms with Gasteiger partial charge in [0.15, 0.2) is 0 Å². The summed E-state index contributed by atoms with van der Waals surface area (Å²) < 4.78 is 4.87. The Labute approximate surface area is 102 Å². The first-order valence-electron chi connectivity index (χ1n) is 5.37. The molecule has 0 bridgehead atoms. The number of pyridine rings is 1. The van der Waals surface area contributed by atoms with Crippen molar-refractivity contribution in [2.75, 3.05) is 6.61 Å². The Bertz CT molecular complexity index is 341. The van der Waals surface area contributed by atoms with Gasteiger partial charge < -0.3 is 4.74 Å². The van der Waals surface area contributed by atoms with Crippen LogP contribution < -0.4 is 0 Å². The van der Waals surface area contributed by atoms with Crippen molar-refractivity contribution in [1.82, 2.24) is 4.98 Å². The van der Waals surface area contributed by atoms with Crippen molar-refractivity contribution in [2.45, 2.75) is 34.6 Å². The molecule has 0 aliphatic rings. The number of esters is 1. The third kappa shape index (κ3) is 3.81. The number of hydrogen-bond donors (Lipinski definition) is 0. The van der Waals surface area contributed by atoms with Gasteiger partial charge in [0, 0.05) is 5.69 Å². The maximum absolute atomic E-state index is 11.5. The number of halogens is 1. The fraction of sp³-hybridized carbons (Fsp3) is 0.500. The quantitative estimate of drug-likeness (QED) is 0.746. The molecule has 16 heavy (non-hydrogen) atoms. The van der Waals surface area contributed by atoms with Crippen LogP contribution in [-0.2, 0) is 4.74 Å². The average Bonchev–Trinajstić information content (AvgIpc) is 2.19. The van der Waals surface area contributed by atoms with Crippen molar-refractivity contribution in [3.05, 3.63) is 28.0 Å². The van der Waals surface area contributed by atoms with E-state index in [1.165, 1.54) is 0 Å². The van der Waals surface area contributed by atoms with Crippen LogP contribution in [0, 0.1) is 13.8 Å². The Balaban J connectivity index is 0.00000106. The zero-order chi connectivity index (χ0) is 12.7. The molecule has 1 aromatic rings. The topological polar surface area (TPSA) is 39.2 Å². The summed E-state index contributed by atoms with van der Waals surface area (Å²) in [5.41, 5.74) is 1.76. The fourth-order valence-electron chi connectivity index (χ4n) is 1.23. The molecule has 1 rings (SSSR count). The number of carbonyl (C=O) groups is 1. The minimum Gasteiger partial charge on any atom is -0.462 e. The van der Waals surface area contributed by atoms with Crippen molar-refractivity contribution < 1.29 is 9.53 Å². The molecule has 90 valence electrons. The summed E-state index contributed by atoms with van der Waals surface area (Å²) in [6, 6.07) is 1.65. The Morgan fingerprint density at radius 3 is 2.44 bits per heavy atom. The monoisotopic (exact) mass is 243 g/mol. The van der Waals surface area contributed by atoms with E-state index < -0.39 is 5.97 Å². The van der Waals surface area contributed by atoms with E-state index in [9.17, 15) is 4.79 Å². The molecule has 0 aliphatic carbocycles. The molecule has 0 N–H and O–H groups in total. The fourth-order valence-corrected chi connectivity index (χ4v) is 1.60. The second-order valence-electron chi connectivity index (χ2n) is 2.93. The van der Waals surface area contributed by atoms with Crippen LogP contribution in [0.4, 0.5) is 0 Å². The van der Waals surface area contributed by atoms with E-state index in [2.05, 4.69) is 4.98 Å². The van der Waals surface area contributed by atoms with Crippen molar-refractivity contribution >= 4 is 17.6 Å². The second kappa shape index (κ2) is 7.23. The second-order valence-corrected chi connectivity index (χ2v) is 3.33. The summed E-state index contributed by atoms with van der Waals surface area (Å²) >= 11 is 5.92. The summed E-state index contributed by atoms with van der Waals surface area (Å²) in [6.45, 7) is 9.66. The van der Waals surface area contributed by atoms with E-state index in [-0.39, 0.29) is 0 Å². The van der Waals surface area contributed by atoms with Gasteiger partial charge in [0.05, 0.1) is 22.9 Å². The summed E-state index contributed by atoms with van der Waals surface area (Å²) in [7, 11) is 0. The zero-order valence-electron chi connectivity index (χ0n) is 10.4. The molecule has 0 amide bonds. The molecule has 0 aromatic carbocycles. The van der Waals surface area contributed by atoms with Crippen molar-refractivity contribution in [2.24, 2.45) is 0 Å². The maximum Gasteiger partial charge on any atom is 0.341 e. The van der Waals surface area contributed by atoms with Gasteiger partial charge >= 0.3 is 5.97 Å². The Morgan fingerprint density at radius 2 is 2.00 bits per heavy atom. The van der Waals surface area contributed by atoms with Gasteiger partial charge in [-0.3, -0.25) is 4.98 Å². The van der Waals surface area contributed by atoms with Crippen LogP contribution in [0.5, 0.6) is 0 Å². The highest BCUT2D eigenvalue weighted by molar-refractivity contribution is 6.33. The van der Waals surface area contributed by atoms with Gasteiger partial charge in [-0.05, 0) is 26.8 Å². The standard InChI is InChI=1S/C10H12ClNO2.C2H6/c1-4-14-10(13)9-7(3)12-6(2)5-8(9)11;1-2/h5H,4H2,1-3H3;1-2H3. The van der Waals surface area contributed by atoms with Crippen LogP contribution in [0.2, 0.25) is 5.02 Å². The van der Waals surface area contributed by atoms with Gasteiger partial charge in [-0.25, -0.2) is 4.79 Å². The Morgan fingerprint density at radius 1 is 1.44 bits per heavy atom. The SMILES string of the molecule is CC.CCOC(=O)c1c(Cl)cc(C)nc1C. The van der Waals surface area contributed by atoms with Crippen LogP contribution in [0.1, 0.15) is 42.5 Å². The lowest BCUT2D eigenvalue weighted by atomic mass is 10.2. The van der Waals surface area contributed by atoms with Gasteiger partial charge in [0.2, 0.25) is 0 Å². The predicted molar refractivity (Wildman–Crippen MR) is 66.0 cm³/mol. The molecule has 0 saturated heterocycles. The molecule has 1 aromatic heterocycles.